The molecule has 0 radical (unpaired) electrons. The van der Waals surface area contributed by atoms with E-state index in [-0.39, 0.29) is 11.9 Å². The topological polar surface area (TPSA) is 29.5 Å². The van der Waals surface area contributed by atoms with Crippen LogP contribution in [0.15, 0.2) is 15.9 Å². The summed E-state index contributed by atoms with van der Waals surface area (Å²) in [6, 6.07) is 3.79. The van der Waals surface area contributed by atoms with Gasteiger partial charge >= 0.3 is 0 Å². The third-order valence-electron chi connectivity index (χ3n) is 2.54. The molecule has 1 aromatic rings. The van der Waals surface area contributed by atoms with Crippen molar-refractivity contribution >= 4 is 33.0 Å². The molecule has 1 aliphatic heterocycles. The SMILES string of the molecule is CC1CN(CC(=O)c2ccc(Br)s2)CCO1. The van der Waals surface area contributed by atoms with Crippen LogP contribution in [0.5, 0.6) is 0 Å². The van der Waals surface area contributed by atoms with E-state index in [4.69, 9.17) is 4.74 Å². The standard InChI is InChI=1S/C11H14BrNO2S/c1-8-6-13(4-5-15-8)7-9(14)10-2-3-11(12)16-10/h2-3,8H,4-7H2,1H3. The Morgan fingerprint density at radius 2 is 2.50 bits per heavy atom. The quantitative estimate of drug-likeness (QED) is 0.803. The summed E-state index contributed by atoms with van der Waals surface area (Å²) in [5, 5.41) is 0. The van der Waals surface area contributed by atoms with E-state index in [9.17, 15) is 4.79 Å². The number of thiophene rings is 1. The second-order valence-corrected chi connectivity index (χ2v) is 6.41. The maximum absolute atomic E-state index is 11.9. The summed E-state index contributed by atoms with van der Waals surface area (Å²) >= 11 is 4.86. The molecule has 1 aliphatic rings. The number of morpholine rings is 1. The minimum Gasteiger partial charge on any atom is -0.376 e. The fraction of sp³-hybridized carbons (Fsp3) is 0.545. The lowest BCUT2D eigenvalue weighted by Crippen LogP contribution is -2.43. The van der Waals surface area contributed by atoms with Crippen LogP contribution in [0.1, 0.15) is 16.6 Å². The highest BCUT2D eigenvalue weighted by molar-refractivity contribution is 9.11. The van der Waals surface area contributed by atoms with Crippen LogP contribution >= 0.6 is 27.3 Å². The van der Waals surface area contributed by atoms with Crippen molar-refractivity contribution in [1.29, 1.82) is 0 Å². The molecule has 16 heavy (non-hydrogen) atoms. The maximum atomic E-state index is 11.9. The van der Waals surface area contributed by atoms with Gasteiger partial charge in [-0.1, -0.05) is 0 Å². The van der Waals surface area contributed by atoms with Crippen molar-refractivity contribution < 1.29 is 9.53 Å². The van der Waals surface area contributed by atoms with E-state index in [1.807, 2.05) is 19.1 Å². The number of hydrogen-bond donors (Lipinski definition) is 0. The van der Waals surface area contributed by atoms with Crippen molar-refractivity contribution in [2.24, 2.45) is 0 Å². The highest BCUT2D eigenvalue weighted by atomic mass is 79.9. The first kappa shape index (κ1) is 12.2. The van der Waals surface area contributed by atoms with E-state index in [1.165, 1.54) is 11.3 Å². The Balaban J connectivity index is 1.92. The number of carbonyl (C=O) groups excluding carboxylic acids is 1. The Labute approximate surface area is 108 Å². The molecule has 2 heterocycles. The summed E-state index contributed by atoms with van der Waals surface area (Å²) in [6.45, 7) is 4.96. The van der Waals surface area contributed by atoms with Gasteiger partial charge in [-0.2, -0.15) is 0 Å². The molecule has 0 spiro atoms. The van der Waals surface area contributed by atoms with E-state index in [0.717, 1.165) is 28.4 Å². The Kier molecular flexibility index (Phi) is 4.13. The average molecular weight is 304 g/mol. The molecule has 2 rings (SSSR count). The summed E-state index contributed by atoms with van der Waals surface area (Å²) in [5.74, 6) is 0.199. The van der Waals surface area contributed by atoms with Crippen molar-refractivity contribution in [3.05, 3.63) is 20.8 Å². The van der Waals surface area contributed by atoms with Gasteiger partial charge in [0, 0.05) is 13.1 Å². The number of halogens is 1. The van der Waals surface area contributed by atoms with E-state index in [0.29, 0.717) is 6.54 Å². The number of nitrogens with zero attached hydrogens (tertiary/aromatic N) is 1. The normalized spacial score (nSPS) is 22.2. The van der Waals surface area contributed by atoms with E-state index in [1.54, 1.807) is 0 Å². The number of Topliss-reactive ketones (excluding diaryl/α,β-unsaturated/α-hetero) is 1. The Bertz CT molecular complexity index is 380. The molecule has 0 aliphatic carbocycles. The summed E-state index contributed by atoms with van der Waals surface area (Å²) in [4.78, 5) is 14.9. The highest BCUT2D eigenvalue weighted by Crippen LogP contribution is 2.22. The highest BCUT2D eigenvalue weighted by Gasteiger charge is 2.20. The largest absolute Gasteiger partial charge is 0.376 e. The first-order valence-electron chi connectivity index (χ1n) is 5.27. The summed E-state index contributed by atoms with van der Waals surface area (Å²) in [7, 11) is 0. The van der Waals surface area contributed by atoms with E-state index in [2.05, 4.69) is 20.8 Å². The molecule has 0 N–H and O–H groups in total. The number of ketones is 1. The zero-order valence-electron chi connectivity index (χ0n) is 9.11. The van der Waals surface area contributed by atoms with Crippen molar-refractivity contribution in [1.82, 2.24) is 4.90 Å². The lowest BCUT2D eigenvalue weighted by atomic mass is 10.2. The van der Waals surface area contributed by atoms with E-state index < -0.39 is 0 Å². The monoisotopic (exact) mass is 303 g/mol. The second-order valence-electron chi connectivity index (χ2n) is 3.94. The van der Waals surface area contributed by atoms with Gasteiger partial charge in [0.1, 0.15) is 0 Å². The Morgan fingerprint density at radius 3 is 3.12 bits per heavy atom. The third-order valence-corrected chi connectivity index (χ3v) is 4.21. The van der Waals surface area contributed by atoms with E-state index >= 15 is 0 Å². The predicted molar refractivity (Wildman–Crippen MR) is 68.2 cm³/mol. The fourth-order valence-corrected chi connectivity index (χ4v) is 3.10. The molecule has 1 unspecified atom stereocenters. The molecule has 3 nitrogen and oxygen atoms in total. The zero-order valence-corrected chi connectivity index (χ0v) is 11.5. The minimum absolute atomic E-state index is 0.199. The Hall–Kier alpha value is -0.230. The summed E-state index contributed by atoms with van der Waals surface area (Å²) in [6.07, 6.45) is 0.233. The van der Waals surface area contributed by atoms with Crippen molar-refractivity contribution in [3.63, 3.8) is 0 Å². The number of hydrogen-bond acceptors (Lipinski definition) is 4. The van der Waals surface area contributed by atoms with Crippen LogP contribution in [0.25, 0.3) is 0 Å². The van der Waals surface area contributed by atoms with Crippen LogP contribution < -0.4 is 0 Å². The van der Waals surface area contributed by atoms with Gasteiger partial charge in [-0.15, -0.1) is 11.3 Å². The molecule has 1 aromatic heterocycles. The van der Waals surface area contributed by atoms with Gasteiger partial charge in [-0.25, -0.2) is 0 Å². The van der Waals surface area contributed by atoms with Crippen LogP contribution in [-0.4, -0.2) is 43.0 Å². The third kappa shape index (κ3) is 3.13. The van der Waals surface area contributed by atoms with Crippen LogP contribution in [0, 0.1) is 0 Å². The van der Waals surface area contributed by atoms with Crippen LogP contribution in [-0.2, 0) is 4.74 Å². The van der Waals surface area contributed by atoms with Gasteiger partial charge < -0.3 is 4.74 Å². The predicted octanol–water partition coefficient (Wildman–Crippen LogP) is 2.41. The van der Waals surface area contributed by atoms with Gasteiger partial charge in [0.25, 0.3) is 0 Å². The second kappa shape index (κ2) is 5.40. The molecule has 1 fully saturated rings. The van der Waals surface area contributed by atoms with Gasteiger partial charge in [-0.3, -0.25) is 9.69 Å². The Morgan fingerprint density at radius 1 is 1.69 bits per heavy atom. The van der Waals surface area contributed by atoms with Crippen molar-refractivity contribution in [2.75, 3.05) is 26.2 Å². The fourth-order valence-electron chi connectivity index (χ4n) is 1.78. The van der Waals surface area contributed by atoms with Crippen LogP contribution in [0.4, 0.5) is 0 Å². The molecule has 0 bridgehead atoms. The minimum atomic E-state index is 0.199. The van der Waals surface area contributed by atoms with Gasteiger partial charge in [-0.05, 0) is 35.0 Å². The molecule has 0 saturated carbocycles. The van der Waals surface area contributed by atoms with Crippen LogP contribution in [0.2, 0.25) is 0 Å². The molecule has 1 atom stereocenters. The molecule has 5 heteroatoms. The van der Waals surface area contributed by atoms with Gasteiger partial charge in [0.05, 0.1) is 27.9 Å². The molecule has 0 aromatic carbocycles. The molecule has 1 saturated heterocycles. The lowest BCUT2D eigenvalue weighted by molar-refractivity contribution is -0.0158. The smallest absolute Gasteiger partial charge is 0.186 e. The van der Waals surface area contributed by atoms with Gasteiger partial charge in [0.2, 0.25) is 0 Å². The van der Waals surface area contributed by atoms with Crippen molar-refractivity contribution in [3.8, 4) is 0 Å². The molecule has 88 valence electrons. The zero-order chi connectivity index (χ0) is 11.5. The first-order valence-corrected chi connectivity index (χ1v) is 6.88. The number of rotatable bonds is 3. The first-order chi connectivity index (χ1) is 7.65. The molecular weight excluding hydrogens is 290 g/mol. The number of ether oxygens (including phenoxy) is 1. The average Bonchev–Trinajstić information content (AvgIpc) is 2.65. The summed E-state index contributed by atoms with van der Waals surface area (Å²) < 4.78 is 6.45. The molecular formula is C11H14BrNO2S. The van der Waals surface area contributed by atoms with Crippen LogP contribution in [0.3, 0.4) is 0 Å². The summed E-state index contributed by atoms with van der Waals surface area (Å²) in [5.41, 5.74) is 0. The van der Waals surface area contributed by atoms with Gasteiger partial charge in [0.15, 0.2) is 5.78 Å². The lowest BCUT2D eigenvalue weighted by Gasteiger charge is -2.30. The maximum Gasteiger partial charge on any atom is 0.186 e. The van der Waals surface area contributed by atoms with Crippen molar-refractivity contribution in [2.45, 2.75) is 13.0 Å². The number of carbonyl (C=O) groups is 1. The molecule has 0 amide bonds.